The predicted molar refractivity (Wildman–Crippen MR) is 141 cm³/mol. The highest BCUT2D eigenvalue weighted by Crippen LogP contribution is 2.50. The van der Waals surface area contributed by atoms with Crippen LogP contribution in [0.1, 0.15) is 60.4 Å². The number of piperazine rings is 1. The second-order valence-corrected chi connectivity index (χ2v) is 12.0. The molecule has 1 aliphatic carbocycles. The summed E-state index contributed by atoms with van der Waals surface area (Å²) in [6.45, 7) is 1.25. The summed E-state index contributed by atoms with van der Waals surface area (Å²) in [7, 11) is -3.27. The van der Waals surface area contributed by atoms with Crippen molar-refractivity contribution < 1.29 is 18.0 Å². The number of amides is 2. The molecule has 36 heavy (non-hydrogen) atoms. The number of sulfonamides is 1. The van der Waals surface area contributed by atoms with Gasteiger partial charge in [0.05, 0.1) is 6.26 Å². The third-order valence-corrected chi connectivity index (χ3v) is 8.68. The lowest BCUT2D eigenvalue weighted by molar-refractivity contribution is -0.134. The van der Waals surface area contributed by atoms with Gasteiger partial charge in [0.15, 0.2) is 0 Å². The molecule has 1 N–H and O–H groups in total. The normalized spacial score (nSPS) is 21.1. The molecule has 0 unspecified atom stereocenters. The zero-order chi connectivity index (χ0) is 25.5. The van der Waals surface area contributed by atoms with E-state index in [1.807, 2.05) is 6.07 Å². The van der Waals surface area contributed by atoms with Gasteiger partial charge in [-0.05, 0) is 48.8 Å². The highest BCUT2D eigenvalue weighted by molar-refractivity contribution is 7.88. The molecule has 2 amide bonds. The van der Waals surface area contributed by atoms with Crippen LogP contribution >= 0.6 is 0 Å². The molecular formula is C28H37N3O4S. The van der Waals surface area contributed by atoms with Gasteiger partial charge in [0, 0.05) is 31.7 Å². The van der Waals surface area contributed by atoms with Crippen molar-refractivity contribution in [3.8, 4) is 0 Å². The Morgan fingerprint density at radius 2 is 1.56 bits per heavy atom. The summed E-state index contributed by atoms with van der Waals surface area (Å²) in [6.07, 6.45) is 7.23. The molecule has 2 aromatic carbocycles. The molecule has 0 radical (unpaired) electrons. The zero-order valence-corrected chi connectivity index (χ0v) is 21.8. The van der Waals surface area contributed by atoms with Crippen LogP contribution in [0.25, 0.3) is 0 Å². The molecule has 4 rings (SSSR count). The monoisotopic (exact) mass is 511 g/mol. The van der Waals surface area contributed by atoms with Crippen molar-refractivity contribution in [1.29, 1.82) is 0 Å². The Morgan fingerprint density at radius 3 is 2.19 bits per heavy atom. The Labute approximate surface area is 214 Å². The van der Waals surface area contributed by atoms with Crippen LogP contribution in [-0.2, 0) is 14.8 Å². The van der Waals surface area contributed by atoms with Gasteiger partial charge in [-0.2, -0.15) is 4.31 Å². The molecule has 1 saturated heterocycles. The summed E-state index contributed by atoms with van der Waals surface area (Å²) in [5.41, 5.74) is 1.96. The van der Waals surface area contributed by atoms with Crippen molar-refractivity contribution >= 4 is 21.8 Å². The molecule has 1 saturated carbocycles. The highest BCUT2D eigenvalue weighted by Gasteiger charge is 2.37. The van der Waals surface area contributed by atoms with Gasteiger partial charge in [-0.1, -0.05) is 67.8 Å². The Hall–Kier alpha value is -2.71. The van der Waals surface area contributed by atoms with Crippen molar-refractivity contribution in [3.05, 3.63) is 71.8 Å². The Morgan fingerprint density at radius 1 is 0.917 bits per heavy atom. The fraction of sp³-hybridized carbons (Fsp3) is 0.500. The fourth-order valence-electron chi connectivity index (χ4n) is 5.16. The van der Waals surface area contributed by atoms with E-state index in [-0.39, 0.29) is 24.9 Å². The van der Waals surface area contributed by atoms with E-state index in [2.05, 4.69) is 35.6 Å². The van der Waals surface area contributed by atoms with E-state index in [1.165, 1.54) is 29.0 Å². The van der Waals surface area contributed by atoms with Gasteiger partial charge < -0.3 is 10.2 Å². The molecule has 1 aliphatic heterocycles. The summed E-state index contributed by atoms with van der Waals surface area (Å²) >= 11 is 0. The first-order chi connectivity index (χ1) is 17.3. The Balaban J connectivity index is 1.28. The van der Waals surface area contributed by atoms with Gasteiger partial charge in [-0.15, -0.1) is 0 Å². The number of carbonyl (C=O) groups is 2. The zero-order valence-electron chi connectivity index (χ0n) is 21.0. The number of carbonyl (C=O) groups excluding carboxylic acids is 2. The van der Waals surface area contributed by atoms with Crippen LogP contribution in [0.4, 0.5) is 0 Å². The average molecular weight is 512 g/mol. The largest absolute Gasteiger partial charge is 0.340 e. The maximum absolute atomic E-state index is 13.3. The smallest absolute Gasteiger partial charge is 0.251 e. The lowest BCUT2D eigenvalue weighted by Crippen LogP contribution is -2.55. The standard InChI is InChI=1S/C28H37N3O4S/c1-36(34,35)31-19-17-30(18-20-31)28(33)26(29-27(32)23-13-7-3-8-14-23)16-10-4-9-15-24-21-25(24)22-11-5-2-6-12-22/h2-3,5-8,11-14,24-26H,4,9-10,15-21H2,1H3,(H,29,32)/t24-,25+,26+/m1/s1. The number of unbranched alkanes of at least 4 members (excludes halogenated alkanes) is 2. The van der Waals surface area contributed by atoms with Crippen LogP contribution in [0, 0.1) is 5.92 Å². The van der Waals surface area contributed by atoms with E-state index >= 15 is 0 Å². The van der Waals surface area contributed by atoms with Crippen molar-refractivity contribution in [2.24, 2.45) is 5.92 Å². The van der Waals surface area contributed by atoms with Crippen LogP contribution in [0.5, 0.6) is 0 Å². The first kappa shape index (κ1) is 26.4. The molecule has 7 nitrogen and oxygen atoms in total. The van der Waals surface area contributed by atoms with E-state index in [1.54, 1.807) is 29.2 Å². The maximum atomic E-state index is 13.3. The molecule has 2 aliphatic rings. The van der Waals surface area contributed by atoms with Crippen molar-refractivity contribution in [2.75, 3.05) is 32.4 Å². The first-order valence-corrected chi connectivity index (χ1v) is 14.8. The Bertz CT molecular complexity index is 1120. The first-order valence-electron chi connectivity index (χ1n) is 13.0. The second-order valence-electron chi connectivity index (χ2n) is 10.0. The summed E-state index contributed by atoms with van der Waals surface area (Å²) in [4.78, 5) is 27.8. The number of hydrogen-bond donors (Lipinski definition) is 1. The van der Waals surface area contributed by atoms with Gasteiger partial charge >= 0.3 is 0 Å². The minimum absolute atomic E-state index is 0.126. The minimum Gasteiger partial charge on any atom is -0.340 e. The molecule has 3 atom stereocenters. The van der Waals surface area contributed by atoms with Gasteiger partial charge in [-0.3, -0.25) is 9.59 Å². The summed E-state index contributed by atoms with van der Waals surface area (Å²) in [5.74, 6) is 1.07. The quantitative estimate of drug-likeness (QED) is 0.467. The van der Waals surface area contributed by atoms with Crippen LogP contribution < -0.4 is 5.32 Å². The molecule has 194 valence electrons. The molecule has 1 heterocycles. The van der Waals surface area contributed by atoms with E-state index in [0.29, 0.717) is 31.0 Å². The van der Waals surface area contributed by atoms with Crippen LogP contribution in [-0.4, -0.2) is 67.9 Å². The van der Waals surface area contributed by atoms with Crippen molar-refractivity contribution in [3.63, 3.8) is 0 Å². The Kier molecular flexibility index (Phi) is 8.80. The SMILES string of the molecule is CS(=O)(=O)N1CCN(C(=O)[C@H](CCCCC[C@@H]2C[C@H]2c2ccccc2)NC(=O)c2ccccc2)CC1. The van der Waals surface area contributed by atoms with Gasteiger partial charge in [0.2, 0.25) is 15.9 Å². The molecule has 0 aromatic heterocycles. The molecule has 8 heteroatoms. The third kappa shape index (κ3) is 7.17. The van der Waals surface area contributed by atoms with Crippen LogP contribution in [0.2, 0.25) is 0 Å². The van der Waals surface area contributed by atoms with Gasteiger partial charge in [0.25, 0.3) is 5.91 Å². The number of benzene rings is 2. The third-order valence-electron chi connectivity index (χ3n) is 7.38. The van der Waals surface area contributed by atoms with E-state index in [4.69, 9.17) is 0 Å². The second kappa shape index (κ2) is 12.0. The number of nitrogens with one attached hydrogen (secondary N) is 1. The average Bonchev–Trinajstić information content (AvgIpc) is 3.67. The fourth-order valence-corrected chi connectivity index (χ4v) is 5.98. The van der Waals surface area contributed by atoms with Crippen molar-refractivity contribution in [1.82, 2.24) is 14.5 Å². The van der Waals surface area contributed by atoms with E-state index in [9.17, 15) is 18.0 Å². The predicted octanol–water partition coefficient (Wildman–Crippen LogP) is 3.64. The van der Waals surface area contributed by atoms with Crippen LogP contribution in [0.3, 0.4) is 0 Å². The van der Waals surface area contributed by atoms with Gasteiger partial charge in [0.1, 0.15) is 6.04 Å². The lowest BCUT2D eigenvalue weighted by Gasteiger charge is -2.35. The number of nitrogens with zero attached hydrogens (tertiary/aromatic N) is 2. The van der Waals surface area contributed by atoms with E-state index < -0.39 is 16.1 Å². The molecular weight excluding hydrogens is 474 g/mol. The van der Waals surface area contributed by atoms with Crippen LogP contribution in [0.15, 0.2) is 60.7 Å². The number of rotatable bonds is 11. The summed E-state index contributed by atoms with van der Waals surface area (Å²) in [6, 6.07) is 19.0. The highest BCUT2D eigenvalue weighted by atomic mass is 32.2. The van der Waals surface area contributed by atoms with Crippen molar-refractivity contribution in [2.45, 2.75) is 50.5 Å². The molecule has 2 fully saturated rings. The summed E-state index contributed by atoms with van der Waals surface area (Å²) < 4.78 is 25.0. The molecule has 0 spiro atoms. The van der Waals surface area contributed by atoms with Gasteiger partial charge in [-0.25, -0.2) is 8.42 Å². The lowest BCUT2D eigenvalue weighted by atomic mass is 10.0. The summed E-state index contributed by atoms with van der Waals surface area (Å²) in [5, 5.41) is 2.95. The van der Waals surface area contributed by atoms with E-state index in [0.717, 1.165) is 25.2 Å². The maximum Gasteiger partial charge on any atom is 0.251 e. The molecule has 0 bridgehead atoms. The topological polar surface area (TPSA) is 86.8 Å². The molecule has 2 aromatic rings. The number of hydrogen-bond acceptors (Lipinski definition) is 4. The minimum atomic E-state index is -3.27.